The fourth-order valence-corrected chi connectivity index (χ4v) is 3.69. The Hall–Kier alpha value is -1.08. The van der Waals surface area contributed by atoms with Gasteiger partial charge in [-0.2, -0.15) is 0 Å². The second-order valence-electron chi connectivity index (χ2n) is 5.89. The van der Waals surface area contributed by atoms with Gasteiger partial charge in [-0.1, -0.05) is 79.8 Å². The summed E-state index contributed by atoms with van der Waals surface area (Å²) in [6.45, 7) is 2.38. The van der Waals surface area contributed by atoms with Crippen LogP contribution in [0.15, 0.2) is 60.7 Å². The average molecular weight is 281 g/mol. The van der Waals surface area contributed by atoms with Gasteiger partial charge in [0.1, 0.15) is 0 Å². The van der Waals surface area contributed by atoms with Crippen LogP contribution in [0.1, 0.15) is 41.0 Å². The molecule has 0 saturated heterocycles. The molecule has 0 saturated carbocycles. The normalized spacial score (nSPS) is 22.5. The van der Waals surface area contributed by atoms with Gasteiger partial charge < -0.3 is 0 Å². The minimum absolute atomic E-state index is 0. The van der Waals surface area contributed by atoms with Gasteiger partial charge in [0, 0.05) is 11.8 Å². The van der Waals surface area contributed by atoms with Gasteiger partial charge in [-0.3, -0.25) is 0 Å². The van der Waals surface area contributed by atoms with Crippen molar-refractivity contribution >= 4 is 12.2 Å². The van der Waals surface area contributed by atoms with Gasteiger partial charge in [-0.25, -0.2) is 0 Å². The second-order valence-corrected chi connectivity index (χ2v) is 5.89. The largest absolute Gasteiger partial charge is 1.00 e. The molecule has 21 heavy (non-hydrogen) atoms. The SMILES string of the molecule is CC(C1C=Cc2ccccc21)C1C=Cc2ccccc21.[Na+]. The predicted octanol–water partition coefficient (Wildman–Crippen LogP) is 2.25. The topological polar surface area (TPSA) is 0 Å². The molecule has 2 atom stereocenters. The van der Waals surface area contributed by atoms with Crippen LogP contribution in [0.4, 0.5) is 0 Å². The molecule has 4 rings (SSSR count). The Balaban J connectivity index is 0.00000132. The predicted molar refractivity (Wildman–Crippen MR) is 85.6 cm³/mol. The van der Waals surface area contributed by atoms with Crippen LogP contribution in [-0.2, 0) is 0 Å². The van der Waals surface area contributed by atoms with E-state index in [-0.39, 0.29) is 29.6 Å². The van der Waals surface area contributed by atoms with Gasteiger partial charge >= 0.3 is 29.6 Å². The van der Waals surface area contributed by atoms with Gasteiger partial charge in [0.15, 0.2) is 0 Å². The third-order valence-electron chi connectivity index (χ3n) is 4.81. The summed E-state index contributed by atoms with van der Waals surface area (Å²) in [6, 6.07) is 17.6. The van der Waals surface area contributed by atoms with E-state index in [1.165, 1.54) is 22.3 Å². The van der Waals surface area contributed by atoms with Crippen molar-refractivity contribution in [3.8, 4) is 0 Å². The summed E-state index contributed by atoms with van der Waals surface area (Å²) < 4.78 is 0. The molecule has 0 heterocycles. The second kappa shape index (κ2) is 5.96. The van der Waals surface area contributed by atoms with Crippen molar-refractivity contribution in [3.63, 3.8) is 0 Å². The maximum Gasteiger partial charge on any atom is 1.00 e. The Bertz CT molecular complexity index is 650. The smallest absolute Gasteiger partial charge is 0.0761 e. The standard InChI is InChI=1S/C20H18.Na/c1-14(17-12-10-15-6-2-4-8-19(15)17)18-13-11-16-7-3-5-9-20(16)18;/h2-14,17-18H,1H3;/q;+1. The Morgan fingerprint density at radius 2 is 1.14 bits per heavy atom. The first-order valence-corrected chi connectivity index (χ1v) is 7.39. The van der Waals surface area contributed by atoms with E-state index in [1.54, 1.807) is 0 Å². The zero-order valence-corrected chi connectivity index (χ0v) is 14.7. The van der Waals surface area contributed by atoms with Crippen molar-refractivity contribution in [2.24, 2.45) is 5.92 Å². The van der Waals surface area contributed by atoms with Crippen molar-refractivity contribution in [3.05, 3.63) is 82.9 Å². The van der Waals surface area contributed by atoms with Crippen LogP contribution in [0, 0.1) is 5.92 Å². The van der Waals surface area contributed by atoms with Crippen molar-refractivity contribution in [2.45, 2.75) is 18.8 Å². The van der Waals surface area contributed by atoms with Crippen LogP contribution in [0.25, 0.3) is 12.2 Å². The summed E-state index contributed by atoms with van der Waals surface area (Å²) in [5, 5.41) is 0. The average Bonchev–Trinajstić information content (AvgIpc) is 3.11. The number of fused-ring (bicyclic) bond motifs is 2. The minimum Gasteiger partial charge on any atom is -0.0761 e. The molecule has 0 nitrogen and oxygen atoms in total. The number of allylic oxidation sites excluding steroid dienone is 2. The van der Waals surface area contributed by atoms with Crippen molar-refractivity contribution in [1.29, 1.82) is 0 Å². The maximum absolute atomic E-state index is 2.38. The van der Waals surface area contributed by atoms with Gasteiger partial charge in [0.2, 0.25) is 0 Å². The molecular weight excluding hydrogens is 263 g/mol. The molecule has 2 aromatic carbocycles. The first-order chi connectivity index (χ1) is 9.84. The van der Waals surface area contributed by atoms with E-state index in [0.717, 1.165) is 0 Å². The molecular formula is C20H18Na+. The molecule has 0 aromatic heterocycles. The summed E-state index contributed by atoms with van der Waals surface area (Å²) in [5.74, 6) is 1.66. The Kier molecular flexibility index (Phi) is 4.21. The van der Waals surface area contributed by atoms with Gasteiger partial charge in [-0.15, -0.1) is 0 Å². The number of hydrogen-bond acceptors (Lipinski definition) is 0. The van der Waals surface area contributed by atoms with Crippen molar-refractivity contribution in [1.82, 2.24) is 0 Å². The van der Waals surface area contributed by atoms with Crippen molar-refractivity contribution in [2.75, 3.05) is 0 Å². The Morgan fingerprint density at radius 3 is 1.62 bits per heavy atom. The fraction of sp³-hybridized carbons (Fsp3) is 0.200. The van der Waals surface area contributed by atoms with Gasteiger partial charge in [-0.05, 0) is 28.2 Å². The molecule has 0 bridgehead atoms. The molecule has 2 aliphatic carbocycles. The Labute approximate surface area is 148 Å². The zero-order chi connectivity index (χ0) is 13.5. The molecule has 0 N–H and O–H groups in total. The molecule has 1 heteroatoms. The maximum atomic E-state index is 2.38. The van der Waals surface area contributed by atoms with Crippen LogP contribution in [-0.4, -0.2) is 0 Å². The number of rotatable bonds is 2. The van der Waals surface area contributed by atoms with E-state index in [0.29, 0.717) is 17.8 Å². The monoisotopic (exact) mass is 281 g/mol. The zero-order valence-electron chi connectivity index (χ0n) is 12.7. The quantitative estimate of drug-likeness (QED) is 0.741. The van der Waals surface area contributed by atoms with Crippen molar-refractivity contribution < 1.29 is 29.6 Å². The summed E-state index contributed by atoms with van der Waals surface area (Å²) in [5.41, 5.74) is 5.75. The van der Waals surface area contributed by atoms with E-state index >= 15 is 0 Å². The summed E-state index contributed by atoms with van der Waals surface area (Å²) in [4.78, 5) is 0. The molecule has 0 spiro atoms. The molecule has 2 aromatic rings. The van der Waals surface area contributed by atoms with Gasteiger partial charge in [0.05, 0.1) is 0 Å². The van der Waals surface area contributed by atoms with Crippen LogP contribution >= 0.6 is 0 Å². The van der Waals surface area contributed by atoms with E-state index in [1.807, 2.05) is 0 Å². The number of benzene rings is 2. The van der Waals surface area contributed by atoms with E-state index < -0.39 is 0 Å². The van der Waals surface area contributed by atoms with Crippen LogP contribution in [0.2, 0.25) is 0 Å². The molecule has 98 valence electrons. The van der Waals surface area contributed by atoms with Crippen LogP contribution in [0.3, 0.4) is 0 Å². The molecule has 2 unspecified atom stereocenters. The summed E-state index contributed by atoms with van der Waals surface area (Å²) in [6.07, 6.45) is 9.32. The number of hydrogen-bond donors (Lipinski definition) is 0. The van der Waals surface area contributed by atoms with E-state index in [2.05, 4.69) is 79.8 Å². The summed E-state index contributed by atoms with van der Waals surface area (Å²) in [7, 11) is 0. The molecule has 0 fully saturated rings. The fourth-order valence-electron chi connectivity index (χ4n) is 3.69. The first-order valence-electron chi connectivity index (χ1n) is 7.39. The molecule has 2 aliphatic rings. The Morgan fingerprint density at radius 1 is 0.714 bits per heavy atom. The third-order valence-corrected chi connectivity index (χ3v) is 4.81. The van der Waals surface area contributed by atoms with Gasteiger partial charge in [0.25, 0.3) is 0 Å². The van der Waals surface area contributed by atoms with E-state index in [4.69, 9.17) is 0 Å². The summed E-state index contributed by atoms with van der Waals surface area (Å²) >= 11 is 0. The van der Waals surface area contributed by atoms with E-state index in [9.17, 15) is 0 Å². The molecule has 0 amide bonds. The minimum atomic E-state index is 0. The van der Waals surface area contributed by atoms with Crippen LogP contribution < -0.4 is 29.6 Å². The molecule has 0 aliphatic heterocycles. The molecule has 0 radical (unpaired) electrons. The third kappa shape index (κ3) is 2.46. The first kappa shape index (κ1) is 14.8. The van der Waals surface area contributed by atoms with Crippen LogP contribution in [0.5, 0.6) is 0 Å².